The summed E-state index contributed by atoms with van der Waals surface area (Å²) in [5, 5.41) is 12.0. The van der Waals surface area contributed by atoms with Crippen molar-refractivity contribution in [2.45, 2.75) is 18.9 Å². The summed E-state index contributed by atoms with van der Waals surface area (Å²) in [7, 11) is 0. The number of hydrogen-bond acceptors (Lipinski definition) is 3. The maximum Gasteiger partial charge on any atom is 0.242 e. The van der Waals surface area contributed by atoms with E-state index in [0.29, 0.717) is 5.56 Å². The minimum Gasteiger partial charge on any atom is -0.347 e. The van der Waals surface area contributed by atoms with Crippen LogP contribution in [0.1, 0.15) is 30.1 Å². The van der Waals surface area contributed by atoms with Gasteiger partial charge in [-0.3, -0.25) is 9.78 Å². The van der Waals surface area contributed by atoms with Crippen LogP contribution in [-0.2, 0) is 4.79 Å². The summed E-state index contributed by atoms with van der Waals surface area (Å²) in [6.45, 7) is 1.85. The summed E-state index contributed by atoms with van der Waals surface area (Å²) >= 11 is 0. The van der Waals surface area contributed by atoms with Crippen molar-refractivity contribution in [2.24, 2.45) is 0 Å². The molecule has 1 aromatic heterocycles. The van der Waals surface area contributed by atoms with E-state index in [0.717, 1.165) is 5.69 Å². The van der Waals surface area contributed by atoms with Crippen LogP contribution in [0, 0.1) is 11.3 Å². The zero-order chi connectivity index (χ0) is 14.4. The molecule has 100 valence electrons. The zero-order valence-corrected chi connectivity index (χ0v) is 11.2. The van der Waals surface area contributed by atoms with Gasteiger partial charge < -0.3 is 5.32 Å². The van der Waals surface area contributed by atoms with Gasteiger partial charge in [0.05, 0.1) is 17.8 Å². The van der Waals surface area contributed by atoms with Gasteiger partial charge in [-0.05, 0) is 24.6 Å². The molecule has 0 aliphatic carbocycles. The van der Waals surface area contributed by atoms with Crippen LogP contribution in [-0.4, -0.2) is 10.9 Å². The number of nitrogens with zero attached hydrogens (tertiary/aromatic N) is 2. The lowest BCUT2D eigenvalue weighted by atomic mass is 9.99. The molecule has 4 nitrogen and oxygen atoms in total. The van der Waals surface area contributed by atoms with E-state index >= 15 is 0 Å². The highest BCUT2D eigenvalue weighted by Gasteiger charge is 2.22. The third kappa shape index (κ3) is 3.21. The molecule has 0 fully saturated rings. The van der Waals surface area contributed by atoms with E-state index in [9.17, 15) is 10.1 Å². The molecule has 1 N–H and O–H groups in total. The number of rotatable bonds is 4. The van der Waals surface area contributed by atoms with Crippen molar-refractivity contribution in [3.8, 4) is 6.07 Å². The molecule has 2 atom stereocenters. The van der Waals surface area contributed by atoms with E-state index in [4.69, 9.17) is 0 Å². The van der Waals surface area contributed by atoms with E-state index in [2.05, 4.69) is 10.3 Å². The van der Waals surface area contributed by atoms with Crippen molar-refractivity contribution in [2.75, 3.05) is 0 Å². The lowest BCUT2D eigenvalue weighted by Gasteiger charge is -2.16. The Hall–Kier alpha value is -2.67. The molecule has 1 heterocycles. The van der Waals surface area contributed by atoms with Crippen LogP contribution in [0.2, 0.25) is 0 Å². The SMILES string of the molecule is CC(NC(=O)C(C#N)c1ccccc1)c1ccccn1. The first-order chi connectivity index (χ1) is 9.72. The van der Waals surface area contributed by atoms with E-state index in [-0.39, 0.29) is 11.9 Å². The molecule has 2 unspecified atom stereocenters. The highest BCUT2D eigenvalue weighted by molar-refractivity contribution is 5.86. The summed E-state index contributed by atoms with van der Waals surface area (Å²) in [6, 6.07) is 16.4. The molecule has 0 spiro atoms. The maximum absolute atomic E-state index is 12.2. The van der Waals surface area contributed by atoms with Crippen molar-refractivity contribution in [3.05, 3.63) is 66.0 Å². The van der Waals surface area contributed by atoms with Gasteiger partial charge in [-0.2, -0.15) is 5.26 Å². The Balaban J connectivity index is 2.10. The fourth-order valence-corrected chi connectivity index (χ4v) is 1.93. The average Bonchev–Trinajstić information content (AvgIpc) is 2.50. The van der Waals surface area contributed by atoms with E-state index in [1.165, 1.54) is 0 Å². The molecule has 0 saturated heterocycles. The lowest BCUT2D eigenvalue weighted by molar-refractivity contribution is -0.122. The van der Waals surface area contributed by atoms with Crippen LogP contribution in [0.25, 0.3) is 0 Å². The molecule has 0 saturated carbocycles. The largest absolute Gasteiger partial charge is 0.347 e. The summed E-state index contributed by atoms with van der Waals surface area (Å²) in [5.74, 6) is -1.11. The molecule has 1 aromatic carbocycles. The number of carbonyl (C=O) groups excluding carboxylic acids is 1. The smallest absolute Gasteiger partial charge is 0.242 e. The Kier molecular flexibility index (Phi) is 4.46. The number of nitriles is 1. The van der Waals surface area contributed by atoms with Gasteiger partial charge in [0.2, 0.25) is 5.91 Å². The van der Waals surface area contributed by atoms with Crippen molar-refractivity contribution in [1.29, 1.82) is 5.26 Å². The van der Waals surface area contributed by atoms with Gasteiger partial charge in [0.15, 0.2) is 0 Å². The molecule has 20 heavy (non-hydrogen) atoms. The molecular formula is C16H15N3O. The average molecular weight is 265 g/mol. The van der Waals surface area contributed by atoms with Crippen LogP contribution in [0.15, 0.2) is 54.7 Å². The summed E-state index contributed by atoms with van der Waals surface area (Å²) < 4.78 is 0. The predicted molar refractivity (Wildman–Crippen MR) is 75.6 cm³/mol. The van der Waals surface area contributed by atoms with Gasteiger partial charge in [0.25, 0.3) is 0 Å². The van der Waals surface area contributed by atoms with Gasteiger partial charge in [0.1, 0.15) is 5.92 Å². The normalized spacial score (nSPS) is 13.0. The van der Waals surface area contributed by atoms with Gasteiger partial charge in [0, 0.05) is 6.20 Å². The number of benzene rings is 1. The first-order valence-corrected chi connectivity index (χ1v) is 6.38. The second kappa shape index (κ2) is 6.48. The minimum absolute atomic E-state index is 0.233. The molecule has 2 aromatic rings. The second-order valence-electron chi connectivity index (χ2n) is 4.46. The fraction of sp³-hybridized carbons (Fsp3) is 0.188. The molecule has 0 aliphatic rings. The zero-order valence-electron chi connectivity index (χ0n) is 11.2. The maximum atomic E-state index is 12.2. The van der Waals surface area contributed by atoms with E-state index in [1.807, 2.05) is 49.4 Å². The monoisotopic (exact) mass is 265 g/mol. The van der Waals surface area contributed by atoms with Crippen LogP contribution in [0.4, 0.5) is 0 Å². The highest BCUT2D eigenvalue weighted by atomic mass is 16.1. The van der Waals surface area contributed by atoms with E-state index < -0.39 is 5.92 Å². The van der Waals surface area contributed by atoms with Crippen molar-refractivity contribution < 1.29 is 4.79 Å². The fourth-order valence-electron chi connectivity index (χ4n) is 1.93. The van der Waals surface area contributed by atoms with Crippen LogP contribution in [0.5, 0.6) is 0 Å². The second-order valence-corrected chi connectivity index (χ2v) is 4.46. The predicted octanol–water partition coefficient (Wildman–Crippen LogP) is 2.57. The Morgan fingerprint density at radius 1 is 1.20 bits per heavy atom. The van der Waals surface area contributed by atoms with Crippen LogP contribution < -0.4 is 5.32 Å². The number of pyridine rings is 1. The molecule has 2 rings (SSSR count). The standard InChI is InChI=1S/C16H15N3O/c1-12(15-9-5-6-10-18-15)19-16(20)14(11-17)13-7-3-2-4-8-13/h2-10,12,14H,1H3,(H,19,20). The summed E-state index contributed by atoms with van der Waals surface area (Å²) in [4.78, 5) is 16.4. The first-order valence-electron chi connectivity index (χ1n) is 6.38. The third-order valence-electron chi connectivity index (χ3n) is 3.01. The Bertz CT molecular complexity index is 605. The molecule has 0 bridgehead atoms. The van der Waals surface area contributed by atoms with Crippen molar-refractivity contribution in [1.82, 2.24) is 10.3 Å². The van der Waals surface area contributed by atoms with Crippen LogP contribution >= 0.6 is 0 Å². The lowest BCUT2D eigenvalue weighted by Crippen LogP contribution is -2.31. The number of aromatic nitrogens is 1. The number of nitrogens with one attached hydrogen (secondary N) is 1. The molecule has 4 heteroatoms. The number of carbonyl (C=O) groups is 1. The number of hydrogen-bond donors (Lipinski definition) is 1. The van der Waals surface area contributed by atoms with E-state index in [1.54, 1.807) is 18.3 Å². The molecule has 0 aliphatic heterocycles. The highest BCUT2D eigenvalue weighted by Crippen LogP contribution is 2.17. The van der Waals surface area contributed by atoms with Crippen molar-refractivity contribution in [3.63, 3.8) is 0 Å². The Labute approximate surface area is 118 Å². The topological polar surface area (TPSA) is 65.8 Å². The molecular weight excluding hydrogens is 250 g/mol. The quantitative estimate of drug-likeness (QED) is 0.924. The van der Waals surface area contributed by atoms with Gasteiger partial charge >= 0.3 is 0 Å². The Morgan fingerprint density at radius 2 is 1.90 bits per heavy atom. The van der Waals surface area contributed by atoms with Gasteiger partial charge in [-0.15, -0.1) is 0 Å². The first kappa shape index (κ1) is 13.8. The number of amides is 1. The minimum atomic E-state index is -0.803. The van der Waals surface area contributed by atoms with Crippen molar-refractivity contribution >= 4 is 5.91 Å². The van der Waals surface area contributed by atoms with Crippen LogP contribution in [0.3, 0.4) is 0 Å². The third-order valence-corrected chi connectivity index (χ3v) is 3.01. The summed E-state index contributed by atoms with van der Waals surface area (Å²) in [5.41, 5.74) is 1.46. The molecule has 0 radical (unpaired) electrons. The summed E-state index contributed by atoms with van der Waals surface area (Å²) in [6.07, 6.45) is 1.68. The van der Waals surface area contributed by atoms with Gasteiger partial charge in [-0.1, -0.05) is 36.4 Å². The van der Waals surface area contributed by atoms with Gasteiger partial charge in [-0.25, -0.2) is 0 Å². The Morgan fingerprint density at radius 3 is 2.50 bits per heavy atom. The molecule has 1 amide bonds.